The van der Waals surface area contributed by atoms with Gasteiger partial charge in [0.2, 0.25) is 5.88 Å². The minimum absolute atomic E-state index is 0.0687. The van der Waals surface area contributed by atoms with Crippen LogP contribution in [0.4, 0.5) is 65.9 Å². The lowest BCUT2D eigenvalue weighted by Gasteiger charge is -2.14. The van der Waals surface area contributed by atoms with E-state index in [-0.39, 0.29) is 71.4 Å². The molecule has 1 aromatic heterocycles. The molecule has 0 saturated heterocycles. The van der Waals surface area contributed by atoms with Crippen LogP contribution in [-0.2, 0) is 40.4 Å². The Morgan fingerprint density at radius 1 is 0.273 bits per heavy atom. The second kappa shape index (κ2) is 48.8. The van der Waals surface area contributed by atoms with Gasteiger partial charge in [0.25, 0.3) is 29.5 Å². The summed E-state index contributed by atoms with van der Waals surface area (Å²) in [6.07, 6.45) is -16.9. The number of alkyl halides is 15. The number of aromatic nitrogens is 1. The second-order valence-corrected chi connectivity index (χ2v) is 33.3. The predicted octanol–water partition coefficient (Wildman–Crippen LogP) is 29.2. The van der Waals surface area contributed by atoms with Crippen molar-refractivity contribution in [2.24, 2.45) is 0 Å². The zero-order chi connectivity index (χ0) is 104. The number of benzene rings is 14. The Balaban J connectivity index is 0.000000171. The average molecular weight is 1980 g/mol. The van der Waals surface area contributed by atoms with Crippen molar-refractivity contribution in [3.63, 3.8) is 0 Å². The smallest absolute Gasteiger partial charge is 0.416 e. The third-order valence-corrected chi connectivity index (χ3v) is 22.1. The van der Waals surface area contributed by atoms with E-state index in [9.17, 15) is 89.8 Å². The number of nitrogens with one attached hydrogen (secondary N) is 5. The standard InChI is InChI=1S/C23H22F3NO2.2C22H20F3NO3.C22H20F3NO2.C21H19F3N2O2/c1-3-5-15(2)27-22(28)17-8-13-20-16(14-17)6-4-7-21(20)29-19-11-9-18(10-12-19)23(24,25)26;2*1-14(13-28-2)26-21(27)16-6-11-19-15(12-16)4-3-5-20(19)29-18-9-7-17(8-10-18)22(23,24)25;1-3-14(2)26-21(27)16-7-12-19-15(13-16)5-4-6-20(19)28-18-10-8-17(9-11-18)22(23,24)25;1-3-13(2)26-19(27)15-4-9-18-14(12-15)10-11-25-20(18)28-17-7-5-16(6-8-17)21(22,23)24/h4,6-15H,3,5H2,1-2H3,(H,27,28);2*3-12,14H,13H2,1-2H3,(H,26,27);4-14H,3H2,1-2H3,(H,26,27);4-13H,3H2,1-2H3,(H,26,27)/t15-;3*14-;13-/m11011/s1. The van der Waals surface area contributed by atoms with Crippen LogP contribution in [0.15, 0.2) is 297 Å². The first-order chi connectivity index (χ1) is 67.9. The summed E-state index contributed by atoms with van der Waals surface area (Å²) in [5, 5.41) is 22.1. The molecule has 0 aliphatic carbocycles. The number of hydrogen-bond donors (Lipinski definition) is 5. The lowest BCUT2D eigenvalue weighted by Crippen LogP contribution is -2.35. The normalized spacial score (nSPS) is 12.6. The molecule has 0 spiro atoms. The van der Waals surface area contributed by atoms with Crippen LogP contribution in [0, 0.1) is 0 Å². The quantitative estimate of drug-likeness (QED) is 0.0288. The summed E-state index contributed by atoms with van der Waals surface area (Å²) in [7, 11) is 3.13. The van der Waals surface area contributed by atoms with Crippen molar-refractivity contribution in [2.45, 2.75) is 142 Å². The molecule has 0 bridgehead atoms. The van der Waals surface area contributed by atoms with E-state index < -0.39 is 58.7 Å². The van der Waals surface area contributed by atoms with E-state index in [1.54, 1.807) is 160 Å². The minimum Gasteiger partial charge on any atom is -0.457 e. The molecule has 14 aromatic carbocycles. The molecule has 0 radical (unpaired) electrons. The third kappa shape index (κ3) is 30.9. The molecule has 5 N–H and O–H groups in total. The summed E-state index contributed by atoms with van der Waals surface area (Å²) in [5.41, 5.74) is -1.08. The highest BCUT2D eigenvalue weighted by Gasteiger charge is 2.35. The van der Waals surface area contributed by atoms with Gasteiger partial charge in [-0.25, -0.2) is 4.98 Å². The summed E-state index contributed by atoms with van der Waals surface area (Å²) in [6, 6.07) is 71.6. The number of nitrogens with zero attached hydrogens (tertiary/aromatic N) is 1. The molecule has 15 rings (SSSR count). The van der Waals surface area contributed by atoms with Gasteiger partial charge in [0.15, 0.2) is 0 Å². The molecule has 0 saturated carbocycles. The van der Waals surface area contributed by atoms with E-state index in [2.05, 4.69) is 38.5 Å². The van der Waals surface area contributed by atoms with Crippen molar-refractivity contribution >= 4 is 83.4 Å². The Bertz CT molecular complexity index is 6310. The maximum Gasteiger partial charge on any atom is 0.416 e. The number of methoxy groups -OCH3 is 2. The molecule has 0 fully saturated rings. The van der Waals surface area contributed by atoms with Crippen molar-refractivity contribution in [2.75, 3.05) is 27.4 Å². The number of carbonyl (C=O) groups is 5. The lowest BCUT2D eigenvalue weighted by atomic mass is 10.1. The molecule has 0 aliphatic heterocycles. The highest BCUT2D eigenvalue weighted by atomic mass is 19.4. The van der Waals surface area contributed by atoms with Gasteiger partial charge in [-0.15, -0.1) is 0 Å². The van der Waals surface area contributed by atoms with Crippen LogP contribution in [0.2, 0.25) is 0 Å². The minimum atomic E-state index is -4.40. The molecule has 143 heavy (non-hydrogen) atoms. The number of pyridine rings is 1. The molecule has 5 amide bonds. The summed E-state index contributed by atoms with van der Waals surface area (Å²) in [4.78, 5) is 65.9. The number of ether oxygens (including phenoxy) is 7. The molecule has 0 aliphatic rings. The van der Waals surface area contributed by atoms with E-state index >= 15 is 0 Å². The van der Waals surface area contributed by atoms with E-state index in [0.717, 1.165) is 135 Å². The predicted molar refractivity (Wildman–Crippen MR) is 519 cm³/mol. The highest BCUT2D eigenvalue weighted by Crippen LogP contribution is 2.42. The molecule has 5 atom stereocenters. The van der Waals surface area contributed by atoms with Crippen LogP contribution < -0.4 is 50.3 Å². The molecule has 18 nitrogen and oxygen atoms in total. The van der Waals surface area contributed by atoms with Crippen molar-refractivity contribution in [1.82, 2.24) is 31.6 Å². The number of hydrogen-bond acceptors (Lipinski definition) is 13. The first-order valence-corrected chi connectivity index (χ1v) is 45.2. The Labute approximate surface area is 814 Å². The Hall–Kier alpha value is -15.3. The molecular formula is C110H101F15N6O12. The fourth-order valence-corrected chi connectivity index (χ4v) is 14.3. The monoisotopic (exact) mass is 1980 g/mol. The van der Waals surface area contributed by atoms with Crippen LogP contribution in [0.5, 0.6) is 57.6 Å². The topological polar surface area (TPSA) is 223 Å². The van der Waals surface area contributed by atoms with Crippen LogP contribution in [0.3, 0.4) is 0 Å². The number of halogens is 15. The first kappa shape index (κ1) is 108. The summed E-state index contributed by atoms with van der Waals surface area (Å²) < 4.78 is 229. The van der Waals surface area contributed by atoms with Crippen molar-refractivity contribution in [3.05, 3.63) is 353 Å². The van der Waals surface area contributed by atoms with Gasteiger partial charge in [0, 0.05) is 105 Å². The van der Waals surface area contributed by atoms with Crippen molar-refractivity contribution in [3.8, 4) is 57.6 Å². The second-order valence-electron chi connectivity index (χ2n) is 33.3. The zero-order valence-corrected chi connectivity index (χ0v) is 78.9. The first-order valence-electron chi connectivity index (χ1n) is 45.2. The van der Waals surface area contributed by atoms with Crippen molar-refractivity contribution in [1.29, 1.82) is 0 Å². The van der Waals surface area contributed by atoms with E-state index in [4.69, 9.17) is 33.2 Å². The largest absolute Gasteiger partial charge is 0.457 e. The fourth-order valence-electron chi connectivity index (χ4n) is 14.3. The summed E-state index contributed by atoms with van der Waals surface area (Å²) >= 11 is 0. The maximum atomic E-state index is 12.7. The van der Waals surface area contributed by atoms with Gasteiger partial charge >= 0.3 is 30.9 Å². The number of carbonyl (C=O) groups excluding carboxylic acids is 5. The maximum absolute atomic E-state index is 12.7. The van der Waals surface area contributed by atoms with Gasteiger partial charge in [-0.2, -0.15) is 65.9 Å². The van der Waals surface area contributed by atoms with Gasteiger partial charge < -0.3 is 59.7 Å². The number of rotatable bonds is 28. The molecule has 748 valence electrons. The molecule has 0 unspecified atom stereocenters. The third-order valence-electron chi connectivity index (χ3n) is 22.1. The highest BCUT2D eigenvalue weighted by molar-refractivity contribution is 6.04. The van der Waals surface area contributed by atoms with Gasteiger partial charge in [-0.05, 0) is 323 Å². The van der Waals surface area contributed by atoms with Gasteiger partial charge in [-0.3, -0.25) is 24.0 Å². The van der Waals surface area contributed by atoms with Gasteiger partial charge in [0.05, 0.1) is 41.0 Å². The Morgan fingerprint density at radius 2 is 0.497 bits per heavy atom. The van der Waals surface area contributed by atoms with Gasteiger partial charge in [-0.1, -0.05) is 75.7 Å². The molecular weight excluding hydrogens is 1880 g/mol. The Morgan fingerprint density at radius 3 is 0.727 bits per heavy atom. The Kier molecular flexibility index (Phi) is 36.9. The van der Waals surface area contributed by atoms with Crippen molar-refractivity contribution < 1.29 is 123 Å². The van der Waals surface area contributed by atoms with Gasteiger partial charge in [0.1, 0.15) is 51.7 Å². The number of amides is 5. The van der Waals surface area contributed by atoms with Crippen LogP contribution in [0.25, 0.3) is 53.9 Å². The van der Waals surface area contributed by atoms with Crippen LogP contribution >= 0.6 is 0 Å². The molecule has 1 heterocycles. The number of fused-ring (bicyclic) bond motifs is 5. The van der Waals surface area contributed by atoms with E-state index in [1.807, 2.05) is 72.7 Å². The van der Waals surface area contributed by atoms with Crippen LogP contribution in [-0.4, -0.2) is 92.2 Å². The average Bonchev–Trinajstić information content (AvgIpc) is 0.812. The van der Waals surface area contributed by atoms with Crippen LogP contribution in [0.1, 0.15) is 161 Å². The van der Waals surface area contributed by atoms with E-state index in [0.29, 0.717) is 92.4 Å². The zero-order valence-electron chi connectivity index (χ0n) is 78.9. The lowest BCUT2D eigenvalue weighted by molar-refractivity contribution is -0.138. The SMILES string of the molecule is CCC[C@@H](C)NC(=O)c1ccc2c(Oc3ccc(C(F)(F)F)cc3)cccc2c1.CC[C@@H](C)NC(=O)c1ccc2c(Oc3ccc(C(F)(F)F)cc3)cccc2c1.CC[C@@H](C)NC(=O)c1ccc2c(Oc3ccc(C(F)(F)F)cc3)nccc2c1.COC[C@@H](C)NC(=O)c1ccc2c(Oc3ccc(C(F)(F)F)cc3)cccc2c1.COC[C@H](C)NC(=O)c1ccc2c(Oc3ccc(C(F)(F)F)cc3)cccc2c1. The molecule has 15 aromatic rings. The summed E-state index contributed by atoms with van der Waals surface area (Å²) in [6.45, 7) is 16.4. The van der Waals surface area contributed by atoms with E-state index in [1.165, 1.54) is 66.9 Å². The summed E-state index contributed by atoms with van der Waals surface area (Å²) in [5.74, 6) is 2.80. The molecule has 33 heteroatoms. The fraction of sp³-hybridized carbons (Fsp3) is 0.236.